The molecule has 3 heterocycles. The number of carbonyl (C=O) groups is 2. The molecule has 3 aliphatic rings. The molecule has 1 spiro atoms. The second-order valence-corrected chi connectivity index (χ2v) is 13.2. The van der Waals surface area contributed by atoms with Gasteiger partial charge in [-0.3, -0.25) is 14.6 Å². The Morgan fingerprint density at radius 1 is 1.14 bits per heavy atom. The number of benzene rings is 2. The molecule has 1 unspecified atom stereocenters. The molecule has 2 saturated heterocycles. The number of halogens is 3. The zero-order valence-corrected chi connectivity index (χ0v) is 24.3. The van der Waals surface area contributed by atoms with Crippen LogP contribution in [0, 0.1) is 6.92 Å². The molecule has 226 valence electrons. The predicted octanol–water partition coefficient (Wildman–Crippen LogP) is 2.73. The van der Waals surface area contributed by atoms with Gasteiger partial charge in [-0.25, -0.2) is 12.7 Å². The first-order chi connectivity index (χ1) is 19.8. The highest BCUT2D eigenvalue weighted by molar-refractivity contribution is 7.89. The van der Waals surface area contributed by atoms with Gasteiger partial charge in [0.15, 0.2) is 0 Å². The van der Waals surface area contributed by atoms with Crippen molar-refractivity contribution in [3.8, 4) is 0 Å². The monoisotopic (exact) mass is 605 g/mol. The van der Waals surface area contributed by atoms with Crippen molar-refractivity contribution >= 4 is 27.7 Å². The molecule has 2 aromatic carbocycles. The van der Waals surface area contributed by atoms with Crippen LogP contribution in [0.2, 0.25) is 0 Å². The number of carbonyl (C=O) groups excluding carboxylic acids is 2. The maximum Gasteiger partial charge on any atom is 0.416 e. The van der Waals surface area contributed by atoms with E-state index in [1.165, 1.54) is 16.4 Å². The number of aliphatic imine (C=N–C) groups is 1. The molecule has 3 aliphatic heterocycles. The summed E-state index contributed by atoms with van der Waals surface area (Å²) < 4.78 is 67.2. The number of sulfonamides is 1. The molecule has 2 amide bonds. The number of hydrogen-bond acceptors (Lipinski definition) is 6. The minimum Gasteiger partial charge on any atom is -0.337 e. The quantitative estimate of drug-likeness (QED) is 0.505. The van der Waals surface area contributed by atoms with E-state index in [1.54, 1.807) is 12.1 Å². The number of alkyl halides is 3. The van der Waals surface area contributed by atoms with Crippen LogP contribution < -0.4 is 10.6 Å². The third-order valence-corrected chi connectivity index (χ3v) is 10.4. The number of likely N-dealkylation sites (tertiary alicyclic amines) is 1. The first kappa shape index (κ1) is 30.2. The first-order valence-corrected chi connectivity index (χ1v) is 15.5. The summed E-state index contributed by atoms with van der Waals surface area (Å²) in [5.74, 6) is -0.541. The smallest absolute Gasteiger partial charge is 0.337 e. The maximum atomic E-state index is 13.2. The Hall–Kier alpha value is -3.29. The number of likely N-dealkylation sites (N-methyl/N-ethyl adjacent to an activating group) is 1. The van der Waals surface area contributed by atoms with Gasteiger partial charge in [0.25, 0.3) is 11.8 Å². The van der Waals surface area contributed by atoms with Crippen molar-refractivity contribution in [1.29, 1.82) is 0 Å². The van der Waals surface area contributed by atoms with Crippen LogP contribution in [-0.4, -0.2) is 85.8 Å². The minimum atomic E-state index is -4.53. The van der Waals surface area contributed by atoms with Crippen LogP contribution in [0.5, 0.6) is 0 Å². The summed E-state index contributed by atoms with van der Waals surface area (Å²) in [6.07, 6.45) is -3.10. The van der Waals surface area contributed by atoms with E-state index in [0.717, 1.165) is 29.7 Å². The van der Waals surface area contributed by atoms with Gasteiger partial charge in [0.05, 0.1) is 11.3 Å². The summed E-state index contributed by atoms with van der Waals surface area (Å²) in [5.41, 5.74) is 0.357. The van der Waals surface area contributed by atoms with E-state index in [0.29, 0.717) is 18.7 Å². The van der Waals surface area contributed by atoms with Crippen molar-refractivity contribution in [2.24, 2.45) is 4.99 Å². The van der Waals surface area contributed by atoms with E-state index in [-0.39, 0.29) is 61.5 Å². The largest absolute Gasteiger partial charge is 0.416 e. The molecular weight excluding hydrogens is 571 g/mol. The topological polar surface area (TPSA) is 111 Å². The first-order valence-electron chi connectivity index (χ1n) is 13.9. The molecule has 0 aromatic heterocycles. The van der Waals surface area contributed by atoms with Crippen LogP contribution in [0.1, 0.15) is 51.9 Å². The zero-order chi connectivity index (χ0) is 30.3. The Labute approximate surface area is 243 Å². The number of aryl methyl sites for hydroxylation is 2. The van der Waals surface area contributed by atoms with E-state index in [2.05, 4.69) is 15.6 Å². The van der Waals surface area contributed by atoms with Gasteiger partial charge < -0.3 is 15.5 Å². The van der Waals surface area contributed by atoms with Crippen molar-refractivity contribution in [2.75, 3.05) is 39.0 Å². The Kier molecular flexibility index (Phi) is 8.20. The average molecular weight is 606 g/mol. The number of piperidine rings is 1. The molecular formula is C29H34F3N5O4S. The number of hydrogen-bond donors (Lipinski definition) is 2. The number of amidine groups is 1. The fraction of sp³-hybridized carbons (Fsp3) is 0.483. The van der Waals surface area contributed by atoms with E-state index < -0.39 is 33.2 Å². The number of nitrogens with zero attached hydrogens (tertiary/aromatic N) is 3. The molecule has 0 aliphatic carbocycles. The summed E-state index contributed by atoms with van der Waals surface area (Å²) in [5, 5.41) is 5.79. The Balaban J connectivity index is 1.20. The molecule has 2 fully saturated rings. The zero-order valence-electron chi connectivity index (χ0n) is 23.5. The lowest BCUT2D eigenvalue weighted by molar-refractivity contribution is -0.137. The lowest BCUT2D eigenvalue weighted by atomic mass is 9.89. The number of amides is 2. The second-order valence-electron chi connectivity index (χ2n) is 11.2. The van der Waals surface area contributed by atoms with Gasteiger partial charge in [-0.1, -0.05) is 18.2 Å². The fourth-order valence-corrected chi connectivity index (χ4v) is 7.28. The van der Waals surface area contributed by atoms with E-state index in [4.69, 9.17) is 0 Å². The van der Waals surface area contributed by atoms with E-state index in [9.17, 15) is 31.2 Å². The van der Waals surface area contributed by atoms with Gasteiger partial charge in [0, 0.05) is 43.3 Å². The second kappa shape index (κ2) is 11.4. The van der Waals surface area contributed by atoms with Gasteiger partial charge in [-0.2, -0.15) is 13.2 Å². The van der Waals surface area contributed by atoms with Gasteiger partial charge in [-0.05, 0) is 75.0 Å². The highest BCUT2D eigenvalue weighted by atomic mass is 32.2. The molecule has 0 bridgehead atoms. The lowest BCUT2D eigenvalue weighted by Crippen LogP contribution is -2.50. The van der Waals surface area contributed by atoms with E-state index >= 15 is 0 Å². The molecule has 9 nitrogen and oxygen atoms in total. The lowest BCUT2D eigenvalue weighted by Gasteiger charge is -2.34. The van der Waals surface area contributed by atoms with Crippen molar-refractivity contribution in [3.63, 3.8) is 0 Å². The van der Waals surface area contributed by atoms with Gasteiger partial charge in [0.2, 0.25) is 10.0 Å². The van der Waals surface area contributed by atoms with Crippen molar-refractivity contribution < 1.29 is 31.2 Å². The van der Waals surface area contributed by atoms with Crippen LogP contribution >= 0.6 is 0 Å². The minimum absolute atomic E-state index is 0.0351. The fourth-order valence-electron chi connectivity index (χ4n) is 5.81. The predicted molar refractivity (Wildman–Crippen MR) is 152 cm³/mol. The summed E-state index contributed by atoms with van der Waals surface area (Å²) in [4.78, 5) is 32.0. The summed E-state index contributed by atoms with van der Waals surface area (Å²) in [7, 11) is -1.77. The molecule has 42 heavy (non-hydrogen) atoms. The molecule has 1 atom stereocenters. The van der Waals surface area contributed by atoms with Gasteiger partial charge >= 0.3 is 6.18 Å². The Morgan fingerprint density at radius 3 is 2.52 bits per heavy atom. The standard InChI is InChI=1S/C29H34F3N5O4S/c1-19-16-22(26(38)36-12-8-24(18-36)33-2)7-6-20(19)9-15-42(40,41)37-13-10-28(11-14-37)27(39)34-25(35-28)21-4-3-5-23(17-21)29(30,31)32/h3-7,16-17,24,33H,8-15,18H2,1-2H3,(H,34,35,39). The average Bonchev–Trinajstić information content (AvgIpc) is 3.57. The SMILES string of the molecule is CNC1CCN(C(=O)c2ccc(CCS(=O)(=O)N3CCC4(CC3)N=C(c3cccc(C(F)(F)F)c3)NC4=O)c(C)c2)C1. The van der Waals surface area contributed by atoms with E-state index in [1.807, 2.05) is 24.9 Å². The molecule has 2 aromatic rings. The maximum absolute atomic E-state index is 13.2. The number of nitrogens with one attached hydrogen (secondary N) is 2. The third-order valence-electron chi connectivity index (χ3n) is 8.49. The molecule has 13 heteroatoms. The van der Waals surface area contributed by atoms with Crippen LogP contribution in [0.4, 0.5) is 13.2 Å². The number of rotatable bonds is 7. The van der Waals surface area contributed by atoms with Crippen LogP contribution in [0.3, 0.4) is 0 Å². The third kappa shape index (κ3) is 6.09. The highest BCUT2D eigenvalue weighted by Gasteiger charge is 2.47. The van der Waals surface area contributed by atoms with Crippen molar-refractivity contribution in [2.45, 2.75) is 50.4 Å². The van der Waals surface area contributed by atoms with Crippen LogP contribution in [-0.2, 0) is 27.4 Å². The van der Waals surface area contributed by atoms with Crippen molar-refractivity contribution in [1.82, 2.24) is 19.8 Å². The van der Waals surface area contributed by atoms with Crippen LogP contribution in [0.15, 0.2) is 47.5 Å². The van der Waals surface area contributed by atoms with Crippen LogP contribution in [0.25, 0.3) is 0 Å². The summed E-state index contributed by atoms with van der Waals surface area (Å²) in [6, 6.07) is 10.2. The molecule has 5 rings (SSSR count). The highest BCUT2D eigenvalue weighted by Crippen LogP contribution is 2.34. The van der Waals surface area contributed by atoms with Crippen molar-refractivity contribution in [3.05, 3.63) is 70.3 Å². The Morgan fingerprint density at radius 2 is 1.88 bits per heavy atom. The van der Waals surface area contributed by atoms with Gasteiger partial charge in [-0.15, -0.1) is 0 Å². The van der Waals surface area contributed by atoms with Gasteiger partial charge in [0.1, 0.15) is 11.4 Å². The summed E-state index contributed by atoms with van der Waals surface area (Å²) >= 11 is 0. The Bertz CT molecular complexity index is 1520. The normalized spacial score (nSPS) is 21.1. The molecule has 0 saturated carbocycles. The molecule has 0 radical (unpaired) electrons. The summed E-state index contributed by atoms with van der Waals surface area (Å²) in [6.45, 7) is 3.36. The molecule has 2 N–H and O–H groups in total.